The Kier molecular flexibility index (Phi) is 4.82. The van der Waals surface area contributed by atoms with E-state index in [1.165, 1.54) is 41.3 Å². The fourth-order valence-corrected chi connectivity index (χ4v) is 3.23. The van der Waals surface area contributed by atoms with Crippen LogP contribution in [0.3, 0.4) is 0 Å². The molecule has 0 heterocycles. The number of rotatable bonds is 4. The average molecular weight is 311 g/mol. The van der Waals surface area contributed by atoms with Gasteiger partial charge in [0.15, 0.2) is 0 Å². The van der Waals surface area contributed by atoms with E-state index in [2.05, 4.69) is 53.0 Å². The van der Waals surface area contributed by atoms with Crippen molar-refractivity contribution < 1.29 is 0 Å². The molecule has 0 radical (unpaired) electrons. The first-order valence-corrected chi connectivity index (χ1v) is 7.61. The van der Waals surface area contributed by atoms with E-state index in [0.717, 1.165) is 0 Å². The van der Waals surface area contributed by atoms with Crippen molar-refractivity contribution in [3.8, 4) is 0 Å². The van der Waals surface area contributed by atoms with Crippen LogP contribution in [0.15, 0.2) is 22.7 Å². The van der Waals surface area contributed by atoms with Gasteiger partial charge in [-0.1, -0.05) is 40.9 Å². The first kappa shape index (κ1) is 14.0. The molecule has 0 spiro atoms. The van der Waals surface area contributed by atoms with Crippen LogP contribution in [0.2, 0.25) is 0 Å². The Hall–Kier alpha value is -0.380. The van der Waals surface area contributed by atoms with Gasteiger partial charge in [-0.25, -0.2) is 0 Å². The number of benzene rings is 1. The van der Waals surface area contributed by atoms with Crippen LogP contribution in [0.4, 0.5) is 0 Å². The molecule has 0 bridgehead atoms. The molecule has 2 rings (SSSR count). The Bertz CT molecular complexity index is 399. The van der Waals surface area contributed by atoms with Crippen LogP contribution >= 0.6 is 15.9 Å². The lowest BCUT2D eigenvalue weighted by Crippen LogP contribution is -2.37. The molecule has 2 nitrogen and oxygen atoms in total. The summed E-state index contributed by atoms with van der Waals surface area (Å²) in [5.41, 5.74) is 8.63. The van der Waals surface area contributed by atoms with Gasteiger partial charge < -0.3 is 5.73 Å². The second-order valence-electron chi connectivity index (χ2n) is 5.36. The molecule has 3 heteroatoms. The van der Waals surface area contributed by atoms with Crippen molar-refractivity contribution in [1.82, 2.24) is 4.90 Å². The lowest BCUT2D eigenvalue weighted by atomic mass is 10.0. The van der Waals surface area contributed by atoms with Gasteiger partial charge in [0.05, 0.1) is 0 Å². The Morgan fingerprint density at radius 1 is 1.39 bits per heavy atom. The number of nitrogens with two attached hydrogens (primary N) is 1. The van der Waals surface area contributed by atoms with Crippen LogP contribution in [0, 0.1) is 6.92 Å². The topological polar surface area (TPSA) is 29.3 Å². The molecule has 18 heavy (non-hydrogen) atoms. The molecular formula is C15H23BrN2. The lowest BCUT2D eigenvalue weighted by molar-refractivity contribution is 0.179. The normalized spacial score (nSPS) is 18.5. The summed E-state index contributed by atoms with van der Waals surface area (Å²) < 4.78 is 1.17. The minimum atomic E-state index is 0.347. The Morgan fingerprint density at radius 2 is 2.06 bits per heavy atom. The van der Waals surface area contributed by atoms with Crippen molar-refractivity contribution in [3.05, 3.63) is 33.8 Å². The zero-order valence-corrected chi connectivity index (χ0v) is 12.9. The van der Waals surface area contributed by atoms with Crippen LogP contribution < -0.4 is 5.73 Å². The molecule has 1 unspecified atom stereocenters. The van der Waals surface area contributed by atoms with Gasteiger partial charge in [-0.15, -0.1) is 0 Å². The Balaban J connectivity index is 2.18. The molecule has 1 aromatic carbocycles. The quantitative estimate of drug-likeness (QED) is 0.920. The standard InChI is InChI=1S/C15H23BrN2/c1-11-9-12(7-8-14(11)16)15(10-17)18(2)13-5-3-4-6-13/h7-9,13,15H,3-6,10,17H2,1-2H3. The Labute approximate surface area is 119 Å². The lowest BCUT2D eigenvalue weighted by Gasteiger charge is -2.33. The highest BCUT2D eigenvalue weighted by Crippen LogP contribution is 2.30. The molecule has 0 aliphatic heterocycles. The Morgan fingerprint density at radius 3 is 2.61 bits per heavy atom. The fourth-order valence-electron chi connectivity index (χ4n) is 2.98. The van der Waals surface area contributed by atoms with Crippen LogP contribution in [-0.4, -0.2) is 24.5 Å². The van der Waals surface area contributed by atoms with Crippen molar-refractivity contribution in [2.24, 2.45) is 5.73 Å². The molecular weight excluding hydrogens is 288 g/mol. The highest BCUT2D eigenvalue weighted by molar-refractivity contribution is 9.10. The number of likely N-dealkylation sites (N-methyl/N-ethyl adjacent to an activating group) is 1. The number of hydrogen-bond acceptors (Lipinski definition) is 2. The van der Waals surface area contributed by atoms with Crippen molar-refractivity contribution in [3.63, 3.8) is 0 Å². The number of aryl methyl sites for hydroxylation is 1. The van der Waals surface area contributed by atoms with E-state index in [1.807, 2.05) is 0 Å². The van der Waals surface area contributed by atoms with Gasteiger partial charge >= 0.3 is 0 Å². The molecule has 100 valence electrons. The van der Waals surface area contributed by atoms with Gasteiger partial charge in [-0.05, 0) is 44.0 Å². The molecule has 0 aromatic heterocycles. The van der Waals surface area contributed by atoms with Gasteiger partial charge in [-0.2, -0.15) is 0 Å². The van der Waals surface area contributed by atoms with Gasteiger partial charge in [-0.3, -0.25) is 4.90 Å². The molecule has 2 N–H and O–H groups in total. The first-order valence-electron chi connectivity index (χ1n) is 6.81. The smallest absolute Gasteiger partial charge is 0.0470 e. The summed E-state index contributed by atoms with van der Waals surface area (Å²) in [6, 6.07) is 7.64. The molecule has 0 amide bonds. The van der Waals surface area contributed by atoms with E-state index in [-0.39, 0.29) is 0 Å². The van der Waals surface area contributed by atoms with E-state index in [1.54, 1.807) is 0 Å². The number of hydrogen-bond donors (Lipinski definition) is 1. The van der Waals surface area contributed by atoms with Crippen LogP contribution in [0.5, 0.6) is 0 Å². The minimum absolute atomic E-state index is 0.347. The second kappa shape index (κ2) is 6.18. The van der Waals surface area contributed by atoms with E-state index >= 15 is 0 Å². The summed E-state index contributed by atoms with van der Waals surface area (Å²) in [5.74, 6) is 0. The van der Waals surface area contributed by atoms with Crippen molar-refractivity contribution in [2.45, 2.75) is 44.7 Å². The highest BCUT2D eigenvalue weighted by Gasteiger charge is 2.25. The van der Waals surface area contributed by atoms with Gasteiger partial charge in [0.1, 0.15) is 0 Å². The molecule has 1 aliphatic rings. The number of halogens is 1. The molecule has 1 aliphatic carbocycles. The van der Waals surface area contributed by atoms with E-state index in [0.29, 0.717) is 18.6 Å². The predicted molar refractivity (Wildman–Crippen MR) is 80.7 cm³/mol. The minimum Gasteiger partial charge on any atom is -0.329 e. The molecule has 0 saturated heterocycles. The van der Waals surface area contributed by atoms with Gasteiger partial charge in [0.2, 0.25) is 0 Å². The van der Waals surface area contributed by atoms with Crippen LogP contribution in [-0.2, 0) is 0 Å². The number of nitrogens with zero attached hydrogens (tertiary/aromatic N) is 1. The first-order chi connectivity index (χ1) is 8.63. The van der Waals surface area contributed by atoms with E-state index in [4.69, 9.17) is 5.73 Å². The van der Waals surface area contributed by atoms with Gasteiger partial charge in [0.25, 0.3) is 0 Å². The van der Waals surface area contributed by atoms with Crippen molar-refractivity contribution >= 4 is 15.9 Å². The zero-order chi connectivity index (χ0) is 13.1. The van der Waals surface area contributed by atoms with Crippen LogP contribution in [0.1, 0.15) is 42.9 Å². The van der Waals surface area contributed by atoms with E-state index in [9.17, 15) is 0 Å². The third kappa shape index (κ3) is 2.95. The summed E-state index contributed by atoms with van der Waals surface area (Å²) in [6.07, 6.45) is 5.38. The second-order valence-corrected chi connectivity index (χ2v) is 6.22. The highest BCUT2D eigenvalue weighted by atomic mass is 79.9. The summed E-state index contributed by atoms with van der Waals surface area (Å²) >= 11 is 3.56. The molecule has 1 aromatic rings. The molecule has 1 saturated carbocycles. The third-order valence-electron chi connectivity index (χ3n) is 4.18. The fraction of sp³-hybridized carbons (Fsp3) is 0.600. The average Bonchev–Trinajstić information content (AvgIpc) is 2.88. The summed E-state index contributed by atoms with van der Waals surface area (Å²) in [6.45, 7) is 2.82. The maximum Gasteiger partial charge on any atom is 0.0470 e. The van der Waals surface area contributed by atoms with E-state index < -0.39 is 0 Å². The largest absolute Gasteiger partial charge is 0.329 e. The summed E-state index contributed by atoms with van der Waals surface area (Å²) in [7, 11) is 2.23. The third-order valence-corrected chi connectivity index (χ3v) is 5.07. The van der Waals surface area contributed by atoms with Crippen LogP contribution in [0.25, 0.3) is 0 Å². The van der Waals surface area contributed by atoms with Gasteiger partial charge in [0, 0.05) is 23.1 Å². The zero-order valence-electron chi connectivity index (χ0n) is 11.3. The molecule has 1 fully saturated rings. The maximum absolute atomic E-state index is 6.01. The predicted octanol–water partition coefficient (Wildman–Crippen LogP) is 3.63. The summed E-state index contributed by atoms with van der Waals surface area (Å²) in [5, 5.41) is 0. The molecule has 1 atom stereocenters. The summed E-state index contributed by atoms with van der Waals surface area (Å²) in [4.78, 5) is 2.48. The monoisotopic (exact) mass is 310 g/mol. The van der Waals surface area contributed by atoms with Crippen molar-refractivity contribution in [2.75, 3.05) is 13.6 Å². The SMILES string of the molecule is Cc1cc(C(CN)N(C)C2CCCC2)ccc1Br. The maximum atomic E-state index is 6.01. The van der Waals surface area contributed by atoms with Crippen molar-refractivity contribution in [1.29, 1.82) is 0 Å².